The fourth-order valence-corrected chi connectivity index (χ4v) is 1.60. The highest BCUT2D eigenvalue weighted by Gasteiger charge is 2.36. The first kappa shape index (κ1) is 14.2. The second-order valence-corrected chi connectivity index (χ2v) is 4.24. The maximum atomic E-state index is 12.8. The minimum atomic E-state index is -1.54. The summed E-state index contributed by atoms with van der Waals surface area (Å²) in [6, 6.07) is 5.05. The van der Waals surface area contributed by atoms with E-state index < -0.39 is 17.3 Å². The zero-order chi connectivity index (χ0) is 13.8. The van der Waals surface area contributed by atoms with Gasteiger partial charge in [-0.05, 0) is 31.0 Å². The molecular weight excluding hydrogens is 237 g/mol. The molecule has 0 bridgehead atoms. The van der Waals surface area contributed by atoms with Gasteiger partial charge >= 0.3 is 5.97 Å². The summed E-state index contributed by atoms with van der Waals surface area (Å²) in [6.07, 6.45) is 0.884. The topological polar surface area (TPSA) is 66.4 Å². The van der Waals surface area contributed by atoms with Gasteiger partial charge in [0, 0.05) is 6.42 Å². The van der Waals surface area contributed by atoms with E-state index in [4.69, 9.17) is 0 Å². The number of carboxylic acid groups (broad SMARTS) is 1. The zero-order valence-corrected chi connectivity index (χ0v) is 10.4. The van der Waals surface area contributed by atoms with Crippen molar-refractivity contribution in [1.29, 1.82) is 0 Å². The van der Waals surface area contributed by atoms with E-state index >= 15 is 0 Å². The smallest absolute Gasteiger partial charge is 0.333 e. The summed E-state index contributed by atoms with van der Waals surface area (Å²) in [4.78, 5) is 22.9. The van der Waals surface area contributed by atoms with Crippen LogP contribution in [-0.2, 0) is 15.1 Å². The molecule has 1 rings (SSSR count). The van der Waals surface area contributed by atoms with Crippen molar-refractivity contribution >= 4 is 11.9 Å². The van der Waals surface area contributed by atoms with Crippen LogP contribution in [0.4, 0.5) is 4.39 Å². The van der Waals surface area contributed by atoms with Gasteiger partial charge in [-0.2, -0.15) is 0 Å². The standard InChI is InChI=1S/C13H16FNO3/c1-3-4-11(16)15-13(2,12(17)18)9-5-7-10(14)8-6-9/h5-8H,3-4H2,1-2H3,(H,15,16)(H,17,18). The van der Waals surface area contributed by atoms with Gasteiger partial charge < -0.3 is 10.4 Å². The third-order valence-corrected chi connectivity index (χ3v) is 2.72. The van der Waals surface area contributed by atoms with Crippen molar-refractivity contribution in [2.75, 3.05) is 0 Å². The van der Waals surface area contributed by atoms with Gasteiger partial charge in [0.25, 0.3) is 0 Å². The second-order valence-electron chi connectivity index (χ2n) is 4.24. The van der Waals surface area contributed by atoms with Crippen molar-refractivity contribution < 1.29 is 19.1 Å². The van der Waals surface area contributed by atoms with Gasteiger partial charge in [-0.3, -0.25) is 4.79 Å². The van der Waals surface area contributed by atoms with Crippen LogP contribution in [0.5, 0.6) is 0 Å². The van der Waals surface area contributed by atoms with Gasteiger partial charge in [0.2, 0.25) is 5.91 Å². The number of carbonyl (C=O) groups excluding carboxylic acids is 1. The number of hydrogen-bond donors (Lipinski definition) is 2. The molecule has 0 spiro atoms. The van der Waals surface area contributed by atoms with Crippen LogP contribution < -0.4 is 5.32 Å². The Balaban J connectivity index is 3.03. The van der Waals surface area contributed by atoms with E-state index in [0.717, 1.165) is 0 Å². The van der Waals surface area contributed by atoms with E-state index in [-0.39, 0.29) is 12.3 Å². The predicted molar refractivity (Wildman–Crippen MR) is 64.4 cm³/mol. The van der Waals surface area contributed by atoms with Crippen LogP contribution in [0.1, 0.15) is 32.3 Å². The van der Waals surface area contributed by atoms with Gasteiger partial charge in [0.05, 0.1) is 0 Å². The Hall–Kier alpha value is -1.91. The molecule has 0 heterocycles. The molecule has 18 heavy (non-hydrogen) atoms. The van der Waals surface area contributed by atoms with Crippen molar-refractivity contribution in [3.8, 4) is 0 Å². The number of carboxylic acids is 1. The molecule has 1 unspecified atom stereocenters. The van der Waals surface area contributed by atoms with Gasteiger partial charge in [0.1, 0.15) is 5.82 Å². The van der Waals surface area contributed by atoms with Crippen LogP contribution in [0.15, 0.2) is 24.3 Å². The molecule has 98 valence electrons. The van der Waals surface area contributed by atoms with Gasteiger partial charge in [0.15, 0.2) is 5.54 Å². The molecule has 4 nitrogen and oxygen atoms in total. The van der Waals surface area contributed by atoms with Crippen LogP contribution >= 0.6 is 0 Å². The van der Waals surface area contributed by atoms with E-state index in [9.17, 15) is 19.1 Å². The first-order chi connectivity index (χ1) is 8.40. The summed E-state index contributed by atoms with van der Waals surface area (Å²) in [5.41, 5.74) is -1.21. The van der Waals surface area contributed by atoms with Crippen molar-refractivity contribution in [2.24, 2.45) is 0 Å². The summed E-state index contributed by atoms with van der Waals surface area (Å²) in [5.74, 6) is -1.98. The van der Waals surface area contributed by atoms with Crippen molar-refractivity contribution in [2.45, 2.75) is 32.2 Å². The highest BCUT2D eigenvalue weighted by atomic mass is 19.1. The number of aliphatic carboxylic acids is 1. The molecule has 1 amide bonds. The predicted octanol–water partition coefficient (Wildman–Crippen LogP) is 2.04. The average molecular weight is 253 g/mol. The molecule has 0 aliphatic heterocycles. The summed E-state index contributed by atoms with van der Waals surface area (Å²) in [7, 11) is 0. The number of carbonyl (C=O) groups is 2. The van der Waals surface area contributed by atoms with Crippen LogP contribution in [-0.4, -0.2) is 17.0 Å². The fraction of sp³-hybridized carbons (Fsp3) is 0.385. The number of hydrogen-bond acceptors (Lipinski definition) is 2. The Labute approximate surface area is 105 Å². The van der Waals surface area contributed by atoms with Crippen molar-refractivity contribution in [3.63, 3.8) is 0 Å². The lowest BCUT2D eigenvalue weighted by Crippen LogP contribution is -2.49. The molecule has 0 radical (unpaired) electrons. The summed E-state index contributed by atoms with van der Waals surface area (Å²) in [6.45, 7) is 3.21. The lowest BCUT2D eigenvalue weighted by atomic mass is 9.91. The van der Waals surface area contributed by atoms with Gasteiger partial charge in [-0.15, -0.1) is 0 Å². The average Bonchev–Trinajstić information content (AvgIpc) is 2.29. The van der Waals surface area contributed by atoms with Crippen molar-refractivity contribution in [1.82, 2.24) is 5.32 Å². The second kappa shape index (κ2) is 5.62. The van der Waals surface area contributed by atoms with Gasteiger partial charge in [-0.25, -0.2) is 9.18 Å². The van der Waals surface area contributed by atoms with Crippen LogP contribution in [0.25, 0.3) is 0 Å². The van der Waals surface area contributed by atoms with Crippen molar-refractivity contribution in [3.05, 3.63) is 35.6 Å². The fourth-order valence-electron chi connectivity index (χ4n) is 1.60. The molecule has 1 aromatic rings. The SMILES string of the molecule is CCCC(=O)NC(C)(C(=O)O)c1ccc(F)cc1. The molecular formula is C13H16FNO3. The van der Waals surface area contributed by atoms with Crippen LogP contribution in [0.2, 0.25) is 0 Å². The Morgan fingerprint density at radius 3 is 2.33 bits per heavy atom. The highest BCUT2D eigenvalue weighted by molar-refractivity contribution is 5.87. The van der Waals surface area contributed by atoms with E-state index in [1.165, 1.54) is 31.2 Å². The number of rotatable bonds is 5. The monoisotopic (exact) mass is 253 g/mol. The number of amides is 1. The summed E-state index contributed by atoms with van der Waals surface area (Å²) in [5, 5.41) is 11.7. The van der Waals surface area contributed by atoms with E-state index in [1.807, 2.05) is 6.92 Å². The molecule has 0 aliphatic carbocycles. The number of halogens is 1. The van der Waals surface area contributed by atoms with Gasteiger partial charge in [-0.1, -0.05) is 19.1 Å². The molecule has 5 heteroatoms. The molecule has 0 saturated carbocycles. The number of nitrogens with one attached hydrogen (secondary N) is 1. The molecule has 2 N–H and O–H groups in total. The third-order valence-electron chi connectivity index (χ3n) is 2.72. The Morgan fingerprint density at radius 2 is 1.89 bits per heavy atom. The maximum absolute atomic E-state index is 12.8. The Kier molecular flexibility index (Phi) is 4.42. The number of benzene rings is 1. The molecule has 0 fully saturated rings. The molecule has 0 saturated heterocycles. The Morgan fingerprint density at radius 1 is 1.33 bits per heavy atom. The van der Waals surface area contributed by atoms with Crippen LogP contribution in [0.3, 0.4) is 0 Å². The molecule has 1 aromatic carbocycles. The van der Waals surface area contributed by atoms with E-state index in [0.29, 0.717) is 12.0 Å². The molecule has 1 atom stereocenters. The normalized spacial score (nSPS) is 13.7. The lowest BCUT2D eigenvalue weighted by molar-refractivity contribution is -0.147. The largest absolute Gasteiger partial charge is 0.479 e. The lowest BCUT2D eigenvalue weighted by Gasteiger charge is -2.26. The van der Waals surface area contributed by atoms with E-state index in [1.54, 1.807) is 0 Å². The minimum absolute atomic E-state index is 0.254. The Bertz CT molecular complexity index is 444. The highest BCUT2D eigenvalue weighted by Crippen LogP contribution is 2.21. The molecule has 0 aliphatic rings. The first-order valence-corrected chi connectivity index (χ1v) is 5.70. The maximum Gasteiger partial charge on any atom is 0.333 e. The van der Waals surface area contributed by atoms with Crippen LogP contribution in [0, 0.1) is 5.82 Å². The third kappa shape index (κ3) is 3.06. The quantitative estimate of drug-likeness (QED) is 0.843. The summed E-state index contributed by atoms with van der Waals surface area (Å²) < 4.78 is 12.8. The zero-order valence-electron chi connectivity index (χ0n) is 10.4. The van der Waals surface area contributed by atoms with E-state index in [2.05, 4.69) is 5.32 Å². The first-order valence-electron chi connectivity index (χ1n) is 5.70. The minimum Gasteiger partial charge on any atom is -0.479 e. The molecule has 0 aromatic heterocycles. The summed E-state index contributed by atoms with van der Waals surface area (Å²) >= 11 is 0.